The van der Waals surface area contributed by atoms with E-state index in [0.29, 0.717) is 76.7 Å². The van der Waals surface area contributed by atoms with E-state index in [9.17, 15) is 53.6 Å². The van der Waals surface area contributed by atoms with Crippen molar-refractivity contribution in [2.45, 2.75) is 333 Å². The number of thiophene rings is 5. The SMILES string of the molecule is CC(C)(C)c1ccc(C2C(Br)=CC[C@@H]2CCCc2ccc(C(=O)O)s2)cc1.CCCC1Cc2cc(C3C(Br)=CC[C@@H]3CCCc3ccc(C(=O)O)s3)ccc2C1O.CCCCCC(O)c1ccc(C2C(Br)=C(F)C[C@@H]2CCCc2ccc(C(=O)O)s2)cc1.CCCCCC(O)c1ccc(C2C(Br)=CC(=O)[C@@H]2CCCc2ccc(C(=O)O)s2)cc1.CCCCCCC(O)c1ccc(C2C(Br)=CC[C@@H]2CCCc2ccc(C(=O)O)s2)cc1. The fourth-order valence-corrected chi connectivity index (χ4v) is 30.6. The summed E-state index contributed by atoms with van der Waals surface area (Å²) in [5.41, 5.74) is 13.0. The topological polar surface area (TPSA) is 284 Å². The lowest BCUT2D eigenvalue weighted by atomic mass is 9.82. The Morgan fingerprint density at radius 2 is 0.673 bits per heavy atom. The van der Waals surface area contributed by atoms with Crippen molar-refractivity contribution in [1.29, 1.82) is 0 Å². The van der Waals surface area contributed by atoms with Crippen molar-refractivity contribution < 1.29 is 79.1 Å². The molecule has 0 bridgehead atoms. The number of carboxylic acid groups (broad SMARTS) is 5. The number of unbranched alkanes of at least 4 members (excludes halogenated alkanes) is 7. The van der Waals surface area contributed by atoms with E-state index >= 15 is 0 Å². The summed E-state index contributed by atoms with van der Waals surface area (Å²) in [7, 11) is 0. The predicted octanol–water partition coefficient (Wildman–Crippen LogP) is 36.3. The molecule has 15 atom stereocenters. The zero-order valence-corrected chi connectivity index (χ0v) is 99.3. The molecule has 5 aromatic carbocycles. The minimum Gasteiger partial charge on any atom is -0.477 e. The number of halogens is 6. The van der Waals surface area contributed by atoms with Crippen LogP contribution >= 0.6 is 136 Å². The summed E-state index contributed by atoms with van der Waals surface area (Å²) in [4.78, 5) is 75.4. The smallest absolute Gasteiger partial charge is 0.345 e. The third-order valence-corrected chi connectivity index (χ3v) is 40.1. The van der Waals surface area contributed by atoms with E-state index in [0.717, 1.165) is 256 Å². The van der Waals surface area contributed by atoms with E-state index in [-0.39, 0.29) is 52.9 Å². The fourth-order valence-electron chi connectivity index (χ4n) is 22.1. The van der Waals surface area contributed by atoms with Crippen LogP contribution < -0.4 is 0 Å². The van der Waals surface area contributed by atoms with Crippen LogP contribution in [0.2, 0.25) is 0 Å². The normalized spacial score (nSPS) is 20.8. The van der Waals surface area contributed by atoms with Gasteiger partial charge in [-0.15, -0.1) is 56.7 Å². The van der Waals surface area contributed by atoms with Gasteiger partial charge in [0.05, 0.1) is 24.4 Å². The Labute approximate surface area is 948 Å². The van der Waals surface area contributed by atoms with Gasteiger partial charge in [0.1, 0.15) is 30.2 Å². The molecule has 0 aliphatic heterocycles. The Hall–Kier alpha value is -7.51. The molecule has 26 heteroatoms. The Morgan fingerprint density at radius 1 is 0.353 bits per heavy atom. The molecular formula is C124H148Br5FO15S5. The maximum Gasteiger partial charge on any atom is 0.345 e. The Bertz CT molecular complexity index is 6160. The second-order valence-electron chi connectivity index (χ2n) is 42.1. The van der Waals surface area contributed by atoms with Gasteiger partial charge in [-0.3, -0.25) is 4.79 Å². The van der Waals surface area contributed by atoms with E-state index in [4.69, 9.17) is 25.5 Å². The maximum absolute atomic E-state index is 14.5. The highest BCUT2D eigenvalue weighted by molar-refractivity contribution is 9.12. The lowest BCUT2D eigenvalue weighted by Crippen LogP contribution is -2.16. The van der Waals surface area contributed by atoms with Gasteiger partial charge in [0.15, 0.2) is 5.78 Å². The van der Waals surface area contributed by atoms with Crippen LogP contribution in [0.5, 0.6) is 0 Å². The standard InChI is InChI=1S/C26H33BrO3S.C25H30BrFO3S.C25H29BrO4S.C25H29BrO3S.C23H27BrO2S/c1-2-3-4-5-9-23(28)18-10-12-20(13-11-18)25-19(14-16-22(25)27)7-6-8-21-15-17-24(31-21)26(29)30;1-2-3-4-8-21(28)16-9-11-17(12-10-16)23-18(15-20(27)24(23)26)6-5-7-19-13-14-22(31-19)25(29)30;1-2-3-4-8-21(27)16-9-11-17(12-10-16)24-19(22(28)15-20(24)26)7-5-6-18-13-14-23(31-18)25(29)30;1-2-4-17-14-18-13-16(7-10-20(18)24(17)27)23-15(8-11-21(23)26)5-3-6-19-9-12-22(30-19)25(28)29;1-23(2,3)17-10-7-16(8-11-17)21-15(9-13-19(21)24)5-4-6-18-12-14-20(27-18)22(25)26/h10-13,15-17,19,23,25,28H,2-9,14H2,1H3,(H,29,30);9-14,18,21,23,28H,2-8,15H2,1H3,(H,29,30);9-15,19,21,24,27H,2-8H2,1H3,(H,29,30);7,9-13,15,17,23-24,27H,2-6,8,14H2,1H3,(H,28,29);7-8,10-15,21H,4-6,9H2,1-3H3,(H,25,26)/t19-,23?,25?;18-,21?,23?;19-,21?,24?;15-,17?,23?,24?;15-,21?/m00000/s1. The second kappa shape index (κ2) is 60.1. The van der Waals surface area contributed by atoms with Crippen LogP contribution in [0.15, 0.2) is 228 Å². The summed E-state index contributed by atoms with van der Waals surface area (Å²) >= 11 is 25.3. The number of aliphatic hydroxyl groups excluding tert-OH is 4. The van der Waals surface area contributed by atoms with Gasteiger partial charge < -0.3 is 46.0 Å². The number of benzene rings is 5. The number of carbonyl (C=O) groups is 6. The van der Waals surface area contributed by atoms with Crippen LogP contribution in [-0.2, 0) is 48.7 Å². The number of fused-ring (bicyclic) bond motifs is 1. The maximum atomic E-state index is 14.5. The highest BCUT2D eigenvalue weighted by atomic mass is 79.9. The van der Waals surface area contributed by atoms with Gasteiger partial charge in [-0.05, 0) is 324 Å². The van der Waals surface area contributed by atoms with Crippen molar-refractivity contribution in [1.82, 2.24) is 0 Å². The number of rotatable bonds is 48. The molecule has 15 nitrogen and oxygen atoms in total. The number of ketones is 1. The summed E-state index contributed by atoms with van der Waals surface area (Å²) in [5, 5.41) is 87.3. The summed E-state index contributed by atoms with van der Waals surface area (Å²) in [6.45, 7) is 15.4. The molecule has 6 aliphatic carbocycles. The van der Waals surface area contributed by atoms with Crippen molar-refractivity contribution in [2.75, 3.05) is 0 Å². The Kier molecular flexibility index (Phi) is 48.5. The molecule has 150 heavy (non-hydrogen) atoms. The molecule has 5 heterocycles. The van der Waals surface area contributed by atoms with Crippen LogP contribution in [0.1, 0.15) is 423 Å². The quantitative estimate of drug-likeness (QED) is 0.0160. The molecule has 0 amide bonds. The average Bonchev–Trinajstić information content (AvgIpc) is 1.63. The van der Waals surface area contributed by atoms with E-state index in [2.05, 4.69) is 213 Å². The first-order valence-electron chi connectivity index (χ1n) is 53.9. The van der Waals surface area contributed by atoms with Gasteiger partial charge in [-0.1, -0.05) is 332 Å². The molecule has 9 N–H and O–H groups in total. The summed E-state index contributed by atoms with van der Waals surface area (Å²) in [5.74, 6) is -0.895. The highest BCUT2D eigenvalue weighted by Crippen LogP contribution is 2.54. The van der Waals surface area contributed by atoms with E-state index < -0.39 is 42.1 Å². The zero-order chi connectivity index (χ0) is 108. The van der Waals surface area contributed by atoms with Crippen molar-refractivity contribution >= 4 is 172 Å². The van der Waals surface area contributed by atoms with Gasteiger partial charge in [-0.25, -0.2) is 28.4 Å². The largest absolute Gasteiger partial charge is 0.477 e. The van der Waals surface area contributed by atoms with E-state index in [1.165, 1.54) is 122 Å². The van der Waals surface area contributed by atoms with Crippen LogP contribution in [-0.4, -0.2) is 81.6 Å². The van der Waals surface area contributed by atoms with Gasteiger partial charge in [0.25, 0.3) is 0 Å². The molecule has 10 aromatic rings. The van der Waals surface area contributed by atoms with Crippen molar-refractivity contribution in [3.63, 3.8) is 0 Å². The van der Waals surface area contributed by atoms with Crippen molar-refractivity contribution in [2.24, 2.45) is 35.5 Å². The Morgan fingerprint density at radius 3 is 1.02 bits per heavy atom. The van der Waals surface area contributed by atoms with Crippen LogP contribution in [0.25, 0.3) is 0 Å². The number of carbonyl (C=O) groups excluding carboxylic acids is 1. The third-order valence-electron chi connectivity index (χ3n) is 30.3. The minimum atomic E-state index is -0.894. The first-order chi connectivity index (χ1) is 72.0. The Balaban J connectivity index is 0.000000166. The molecule has 0 spiro atoms. The lowest BCUT2D eigenvalue weighted by Gasteiger charge is -2.24. The monoisotopic (exact) mass is 2450 g/mol. The third kappa shape index (κ3) is 34.7. The minimum absolute atomic E-state index is 0.00306. The van der Waals surface area contributed by atoms with Gasteiger partial charge in [0.2, 0.25) is 0 Å². The summed E-state index contributed by atoms with van der Waals surface area (Å²) < 4.78 is 19.8. The van der Waals surface area contributed by atoms with E-state index in [1.54, 1.807) is 36.4 Å². The van der Waals surface area contributed by atoms with Gasteiger partial charge in [0, 0.05) is 75.3 Å². The zero-order valence-electron chi connectivity index (χ0n) is 87.2. The molecule has 806 valence electrons. The van der Waals surface area contributed by atoms with Crippen LogP contribution in [0, 0.1) is 35.5 Å². The first kappa shape index (κ1) is 121. The number of allylic oxidation sites excluding steroid dienone is 10. The average molecular weight is 2460 g/mol. The molecule has 16 rings (SSSR count). The first-order valence-corrected chi connectivity index (χ1v) is 61.9. The number of carboxylic acids is 5. The van der Waals surface area contributed by atoms with Gasteiger partial charge in [-0.2, -0.15) is 0 Å². The predicted molar refractivity (Wildman–Crippen MR) is 631 cm³/mol. The number of aliphatic hydroxyl groups is 4. The fraction of sp³-hybridized carbons (Fsp3) is 0.468. The molecule has 0 saturated heterocycles. The number of hydrogen-bond donors (Lipinski definition) is 9. The molecule has 5 aromatic heterocycles. The molecule has 6 aliphatic rings. The number of aromatic carboxylic acids is 5. The number of aryl methyl sites for hydroxylation is 5. The van der Waals surface area contributed by atoms with Crippen molar-refractivity contribution in [3.05, 3.63) is 338 Å². The highest BCUT2D eigenvalue weighted by Gasteiger charge is 2.40. The van der Waals surface area contributed by atoms with Gasteiger partial charge >= 0.3 is 29.8 Å². The summed E-state index contributed by atoms with van der Waals surface area (Å²) in [6.07, 6.45) is 41.9. The van der Waals surface area contributed by atoms with Crippen LogP contribution in [0.4, 0.5) is 4.39 Å². The van der Waals surface area contributed by atoms with E-state index in [1.807, 2.05) is 78.9 Å². The number of hydrogen-bond acceptors (Lipinski definition) is 15. The lowest BCUT2D eigenvalue weighted by molar-refractivity contribution is -0.118. The molecule has 0 fully saturated rings. The second-order valence-corrected chi connectivity index (χ2v) is 52.5. The molecular weight excluding hydrogens is 2310 g/mol. The summed E-state index contributed by atoms with van der Waals surface area (Å²) in [6, 6.07) is 58.4. The molecule has 0 saturated carbocycles. The van der Waals surface area contributed by atoms with Crippen molar-refractivity contribution in [3.8, 4) is 0 Å². The molecule has 0 radical (unpaired) electrons. The van der Waals surface area contributed by atoms with Crippen LogP contribution in [0.3, 0.4) is 0 Å². The molecule has 10 unspecified atom stereocenters.